The number of aryl methyl sites for hydroxylation is 1. The van der Waals surface area contributed by atoms with Crippen molar-refractivity contribution in [2.45, 2.75) is 44.4 Å². The average Bonchev–Trinajstić information content (AvgIpc) is 3.25. The van der Waals surface area contributed by atoms with Crippen molar-refractivity contribution in [3.05, 3.63) is 29.7 Å². The molecule has 6 heteroatoms. The summed E-state index contributed by atoms with van der Waals surface area (Å²) in [4.78, 5) is 15.7. The molecule has 2 aromatic rings. The van der Waals surface area contributed by atoms with Crippen molar-refractivity contribution in [3.8, 4) is 0 Å². The van der Waals surface area contributed by atoms with Crippen LogP contribution in [0.1, 0.15) is 54.9 Å². The van der Waals surface area contributed by atoms with Crippen LogP contribution < -0.4 is 4.90 Å². The van der Waals surface area contributed by atoms with E-state index < -0.39 is 0 Å². The lowest BCUT2D eigenvalue weighted by atomic mass is 9.96. The van der Waals surface area contributed by atoms with Crippen molar-refractivity contribution >= 4 is 5.95 Å². The highest BCUT2D eigenvalue weighted by Gasteiger charge is 2.32. The quantitative estimate of drug-likeness (QED) is 0.862. The van der Waals surface area contributed by atoms with E-state index in [-0.39, 0.29) is 0 Å². The van der Waals surface area contributed by atoms with E-state index in [1.165, 1.54) is 12.8 Å². The van der Waals surface area contributed by atoms with Gasteiger partial charge in [0.2, 0.25) is 11.8 Å². The van der Waals surface area contributed by atoms with Gasteiger partial charge in [-0.2, -0.15) is 4.98 Å². The fourth-order valence-electron chi connectivity index (χ4n) is 2.83. The lowest BCUT2D eigenvalue weighted by molar-refractivity contribution is 0.364. The maximum absolute atomic E-state index is 5.37. The van der Waals surface area contributed by atoms with Gasteiger partial charge in [-0.05, 0) is 38.7 Å². The van der Waals surface area contributed by atoms with Crippen LogP contribution in [0.4, 0.5) is 5.95 Å². The number of hydrogen-bond acceptors (Lipinski definition) is 6. The summed E-state index contributed by atoms with van der Waals surface area (Å²) in [6, 6.07) is 1.93. The van der Waals surface area contributed by atoms with E-state index in [1.54, 1.807) is 0 Å². The zero-order chi connectivity index (χ0) is 14.2. The largest absolute Gasteiger partial charge is 0.341 e. The maximum Gasteiger partial charge on any atom is 0.229 e. The second kappa shape index (κ2) is 5.09. The van der Waals surface area contributed by atoms with Crippen molar-refractivity contribution in [2.24, 2.45) is 0 Å². The molecule has 0 aromatic carbocycles. The molecule has 21 heavy (non-hydrogen) atoms. The van der Waals surface area contributed by atoms with Crippen molar-refractivity contribution in [2.75, 3.05) is 18.0 Å². The molecule has 1 aliphatic carbocycles. The van der Waals surface area contributed by atoms with Gasteiger partial charge in [-0.1, -0.05) is 5.16 Å². The molecule has 2 aliphatic rings. The Labute approximate surface area is 123 Å². The Kier molecular flexibility index (Phi) is 3.09. The van der Waals surface area contributed by atoms with Gasteiger partial charge in [-0.15, -0.1) is 0 Å². The first-order valence-corrected chi connectivity index (χ1v) is 7.67. The zero-order valence-corrected chi connectivity index (χ0v) is 12.2. The molecule has 4 rings (SSSR count). The lowest BCUT2D eigenvalue weighted by Crippen LogP contribution is -2.34. The number of anilines is 1. The van der Waals surface area contributed by atoms with E-state index in [0.717, 1.165) is 49.3 Å². The third-order valence-corrected chi connectivity index (χ3v) is 4.31. The lowest BCUT2D eigenvalue weighted by Gasteiger charge is -2.30. The van der Waals surface area contributed by atoms with Crippen LogP contribution in [0.2, 0.25) is 0 Å². The second-order valence-electron chi connectivity index (χ2n) is 6.02. The van der Waals surface area contributed by atoms with E-state index in [4.69, 9.17) is 4.52 Å². The Bertz CT molecular complexity index is 628. The van der Waals surface area contributed by atoms with Gasteiger partial charge in [0.1, 0.15) is 0 Å². The standard InChI is InChI=1S/C15H19N5O/c1-10-4-7-16-15(17-10)20-8-5-11(6-9-20)13-18-14(21-19-13)12-2-3-12/h4,7,11-12H,2-3,5-6,8-9H2,1H3. The first-order chi connectivity index (χ1) is 10.3. The van der Waals surface area contributed by atoms with Crippen LogP contribution in [0.15, 0.2) is 16.8 Å². The summed E-state index contributed by atoms with van der Waals surface area (Å²) in [5.74, 6) is 3.51. The van der Waals surface area contributed by atoms with E-state index in [1.807, 2.05) is 19.2 Å². The first-order valence-electron chi connectivity index (χ1n) is 7.67. The Balaban J connectivity index is 1.41. The number of nitrogens with zero attached hydrogens (tertiary/aromatic N) is 5. The van der Waals surface area contributed by atoms with Crippen LogP contribution in [-0.4, -0.2) is 33.2 Å². The number of rotatable bonds is 3. The van der Waals surface area contributed by atoms with Crippen molar-refractivity contribution in [1.82, 2.24) is 20.1 Å². The third kappa shape index (κ3) is 2.62. The zero-order valence-electron chi connectivity index (χ0n) is 12.2. The van der Waals surface area contributed by atoms with Crippen LogP contribution in [-0.2, 0) is 0 Å². The minimum absolute atomic E-state index is 0.405. The average molecular weight is 285 g/mol. The molecule has 110 valence electrons. The molecular formula is C15H19N5O. The Morgan fingerprint density at radius 3 is 2.62 bits per heavy atom. The van der Waals surface area contributed by atoms with Gasteiger partial charge in [-0.3, -0.25) is 0 Å². The SMILES string of the molecule is Cc1ccnc(N2CCC(c3noc(C4CC4)n3)CC2)n1. The molecule has 1 saturated heterocycles. The van der Waals surface area contributed by atoms with Crippen LogP contribution in [0.5, 0.6) is 0 Å². The maximum atomic E-state index is 5.37. The predicted octanol–water partition coefficient (Wildman–Crippen LogP) is 2.43. The summed E-state index contributed by atoms with van der Waals surface area (Å²) >= 11 is 0. The Hall–Kier alpha value is -1.98. The van der Waals surface area contributed by atoms with Crippen LogP contribution in [0, 0.1) is 6.92 Å². The molecule has 0 radical (unpaired) electrons. The highest BCUT2D eigenvalue weighted by Crippen LogP contribution is 2.39. The van der Waals surface area contributed by atoms with Crippen molar-refractivity contribution < 1.29 is 4.52 Å². The van der Waals surface area contributed by atoms with Gasteiger partial charge in [0.05, 0.1) is 0 Å². The van der Waals surface area contributed by atoms with Gasteiger partial charge < -0.3 is 9.42 Å². The number of aromatic nitrogens is 4. The summed E-state index contributed by atoms with van der Waals surface area (Å²) in [5, 5.41) is 4.18. The molecule has 0 amide bonds. The molecule has 0 N–H and O–H groups in total. The van der Waals surface area contributed by atoms with Gasteiger partial charge in [0, 0.05) is 36.8 Å². The molecule has 3 heterocycles. The van der Waals surface area contributed by atoms with Gasteiger partial charge in [-0.25, -0.2) is 9.97 Å². The Morgan fingerprint density at radius 1 is 1.10 bits per heavy atom. The summed E-state index contributed by atoms with van der Waals surface area (Å²) in [7, 11) is 0. The summed E-state index contributed by atoms with van der Waals surface area (Å²) in [5.41, 5.74) is 1.01. The van der Waals surface area contributed by atoms with E-state index in [2.05, 4.69) is 25.0 Å². The summed E-state index contributed by atoms with van der Waals surface area (Å²) in [6.45, 7) is 3.89. The Morgan fingerprint density at radius 2 is 1.90 bits per heavy atom. The van der Waals surface area contributed by atoms with E-state index in [0.29, 0.717) is 11.8 Å². The highest BCUT2D eigenvalue weighted by atomic mass is 16.5. The second-order valence-corrected chi connectivity index (χ2v) is 6.02. The van der Waals surface area contributed by atoms with E-state index in [9.17, 15) is 0 Å². The molecule has 1 aliphatic heterocycles. The van der Waals surface area contributed by atoms with Crippen LogP contribution in [0.25, 0.3) is 0 Å². The van der Waals surface area contributed by atoms with Crippen molar-refractivity contribution in [1.29, 1.82) is 0 Å². The highest BCUT2D eigenvalue weighted by molar-refractivity contribution is 5.31. The van der Waals surface area contributed by atoms with Gasteiger partial charge in [0.25, 0.3) is 0 Å². The first kappa shape index (κ1) is 12.7. The van der Waals surface area contributed by atoms with Crippen molar-refractivity contribution in [3.63, 3.8) is 0 Å². The molecule has 6 nitrogen and oxygen atoms in total. The predicted molar refractivity (Wildman–Crippen MR) is 77.2 cm³/mol. The minimum Gasteiger partial charge on any atom is -0.341 e. The molecule has 2 aromatic heterocycles. The number of piperidine rings is 1. The molecular weight excluding hydrogens is 266 g/mol. The molecule has 0 bridgehead atoms. The monoisotopic (exact) mass is 285 g/mol. The van der Waals surface area contributed by atoms with Gasteiger partial charge in [0.15, 0.2) is 5.82 Å². The van der Waals surface area contributed by atoms with Gasteiger partial charge >= 0.3 is 0 Å². The number of hydrogen-bond donors (Lipinski definition) is 0. The molecule has 2 fully saturated rings. The molecule has 0 atom stereocenters. The van der Waals surface area contributed by atoms with Crippen LogP contribution >= 0.6 is 0 Å². The van der Waals surface area contributed by atoms with Crippen LogP contribution in [0.3, 0.4) is 0 Å². The fourth-order valence-corrected chi connectivity index (χ4v) is 2.83. The smallest absolute Gasteiger partial charge is 0.229 e. The summed E-state index contributed by atoms with van der Waals surface area (Å²) in [6.07, 6.45) is 6.28. The molecule has 0 spiro atoms. The third-order valence-electron chi connectivity index (χ3n) is 4.31. The van der Waals surface area contributed by atoms with E-state index >= 15 is 0 Å². The molecule has 0 unspecified atom stereocenters. The normalized spacial score (nSPS) is 20.0. The summed E-state index contributed by atoms with van der Waals surface area (Å²) < 4.78 is 5.37. The molecule has 1 saturated carbocycles. The topological polar surface area (TPSA) is 67.9 Å². The fraction of sp³-hybridized carbons (Fsp3) is 0.600. The minimum atomic E-state index is 0.405.